The summed E-state index contributed by atoms with van der Waals surface area (Å²) in [5, 5.41) is 0. The summed E-state index contributed by atoms with van der Waals surface area (Å²) in [5.41, 5.74) is 2.85. The standard InChI is InChI=1S/C11H16.C8H16.C7H14.C2H6/c1-11(2,3)9-10-7-5-4-6-8-10;1-8(2,3)6-7-4-5-7;1-5-6-7(2,3)4;1-2/h4-8H,9H2,1-3H3;7H,4-6H2,1-3H3;5H,1,6H2,2-4H3;1-2H3. The molecule has 0 saturated heterocycles. The minimum Gasteiger partial charge on any atom is -0.103 e. The van der Waals surface area contributed by atoms with E-state index in [-0.39, 0.29) is 0 Å². The van der Waals surface area contributed by atoms with E-state index in [4.69, 9.17) is 0 Å². The fourth-order valence-corrected chi connectivity index (χ4v) is 2.83. The van der Waals surface area contributed by atoms with Crippen LogP contribution in [0.1, 0.15) is 107 Å². The Kier molecular flexibility index (Phi) is 14.6. The number of hydrogen-bond acceptors (Lipinski definition) is 0. The molecule has 28 heavy (non-hydrogen) atoms. The highest BCUT2D eigenvalue weighted by molar-refractivity contribution is 5.15. The highest BCUT2D eigenvalue weighted by Crippen LogP contribution is 2.39. The average Bonchev–Trinajstić information content (AvgIpc) is 3.31. The first-order chi connectivity index (χ1) is 12.7. The van der Waals surface area contributed by atoms with Crippen LogP contribution < -0.4 is 0 Å². The molecule has 0 aliphatic heterocycles. The molecule has 0 N–H and O–H groups in total. The minimum absolute atomic E-state index is 0.404. The molecule has 1 fully saturated rings. The van der Waals surface area contributed by atoms with Crippen molar-refractivity contribution in [3.05, 3.63) is 48.6 Å². The van der Waals surface area contributed by atoms with Crippen LogP contribution >= 0.6 is 0 Å². The molecule has 0 heteroatoms. The van der Waals surface area contributed by atoms with E-state index in [0.717, 1.165) is 18.8 Å². The topological polar surface area (TPSA) is 0 Å². The maximum absolute atomic E-state index is 3.65. The molecule has 0 bridgehead atoms. The zero-order valence-corrected chi connectivity index (χ0v) is 21.3. The molecule has 1 aromatic rings. The van der Waals surface area contributed by atoms with Crippen molar-refractivity contribution in [1.82, 2.24) is 0 Å². The predicted octanol–water partition coefficient (Wildman–Crippen LogP) is 9.74. The van der Waals surface area contributed by atoms with Crippen LogP contribution in [0.4, 0.5) is 0 Å². The van der Waals surface area contributed by atoms with E-state index >= 15 is 0 Å². The van der Waals surface area contributed by atoms with Gasteiger partial charge in [0, 0.05) is 0 Å². The van der Waals surface area contributed by atoms with Crippen molar-refractivity contribution in [3.8, 4) is 0 Å². The summed E-state index contributed by atoms with van der Waals surface area (Å²) in [6.07, 6.45) is 8.66. The molecular weight excluding hydrogens is 336 g/mol. The molecule has 0 heterocycles. The largest absolute Gasteiger partial charge is 0.103 e. The monoisotopic (exact) mass is 388 g/mol. The predicted molar refractivity (Wildman–Crippen MR) is 132 cm³/mol. The van der Waals surface area contributed by atoms with E-state index in [9.17, 15) is 0 Å². The Morgan fingerprint density at radius 2 is 1.25 bits per heavy atom. The summed E-state index contributed by atoms with van der Waals surface area (Å²) in [5.74, 6) is 1.09. The number of benzene rings is 1. The molecule has 2 rings (SSSR count). The third-order valence-electron chi connectivity index (χ3n) is 3.93. The molecule has 1 aliphatic rings. The Morgan fingerprint density at radius 3 is 1.46 bits per heavy atom. The zero-order chi connectivity index (χ0) is 22.4. The SMILES string of the molecule is C=CCC(C)(C)C.CC.CC(C)(C)CC1CC1.CC(C)(C)Cc1ccccc1. The Hall–Kier alpha value is -1.04. The van der Waals surface area contributed by atoms with E-state index in [1.54, 1.807) is 0 Å². The molecule has 0 atom stereocenters. The summed E-state index contributed by atoms with van der Waals surface area (Å²) in [6, 6.07) is 10.6. The summed E-state index contributed by atoms with van der Waals surface area (Å²) in [7, 11) is 0. The number of hydrogen-bond donors (Lipinski definition) is 0. The first-order valence-corrected chi connectivity index (χ1v) is 11.4. The Morgan fingerprint density at radius 1 is 0.786 bits per heavy atom. The van der Waals surface area contributed by atoms with Crippen molar-refractivity contribution in [2.45, 2.75) is 108 Å². The normalized spacial score (nSPS) is 13.7. The van der Waals surface area contributed by atoms with Crippen LogP contribution in [0.3, 0.4) is 0 Å². The molecule has 164 valence electrons. The highest BCUT2D eigenvalue weighted by Gasteiger charge is 2.26. The van der Waals surface area contributed by atoms with Crippen molar-refractivity contribution >= 4 is 0 Å². The van der Waals surface area contributed by atoms with Crippen LogP contribution in [0.2, 0.25) is 0 Å². The molecule has 0 spiro atoms. The molecule has 0 aromatic heterocycles. The lowest BCUT2D eigenvalue weighted by atomic mass is 9.88. The second-order valence-corrected chi connectivity index (χ2v) is 11.5. The van der Waals surface area contributed by atoms with Crippen molar-refractivity contribution in [2.24, 2.45) is 22.2 Å². The first-order valence-electron chi connectivity index (χ1n) is 11.4. The zero-order valence-electron chi connectivity index (χ0n) is 21.3. The van der Waals surface area contributed by atoms with Gasteiger partial charge >= 0.3 is 0 Å². The van der Waals surface area contributed by atoms with Crippen LogP contribution in [-0.4, -0.2) is 0 Å². The third kappa shape index (κ3) is 25.0. The molecule has 1 saturated carbocycles. The first kappa shape index (κ1) is 29.2. The minimum atomic E-state index is 0.404. The highest BCUT2D eigenvalue weighted by atomic mass is 14.3. The van der Waals surface area contributed by atoms with Gasteiger partial charge in [-0.25, -0.2) is 0 Å². The van der Waals surface area contributed by atoms with Crippen LogP contribution in [0.15, 0.2) is 43.0 Å². The van der Waals surface area contributed by atoms with E-state index in [1.165, 1.54) is 24.8 Å². The summed E-state index contributed by atoms with van der Waals surface area (Å²) < 4.78 is 0. The average molecular weight is 389 g/mol. The molecule has 0 radical (unpaired) electrons. The van der Waals surface area contributed by atoms with E-state index in [2.05, 4.69) is 99.2 Å². The molecular formula is C28H52. The number of rotatable bonds is 3. The van der Waals surface area contributed by atoms with Crippen LogP contribution in [0, 0.1) is 22.2 Å². The van der Waals surface area contributed by atoms with Gasteiger partial charge in [0.25, 0.3) is 0 Å². The third-order valence-corrected chi connectivity index (χ3v) is 3.93. The lowest BCUT2D eigenvalue weighted by Gasteiger charge is -2.17. The van der Waals surface area contributed by atoms with Gasteiger partial charge < -0.3 is 0 Å². The van der Waals surface area contributed by atoms with Gasteiger partial charge in [0.05, 0.1) is 0 Å². The number of allylic oxidation sites excluding steroid dienone is 1. The van der Waals surface area contributed by atoms with E-state index in [1.807, 2.05) is 19.9 Å². The fourth-order valence-electron chi connectivity index (χ4n) is 2.83. The van der Waals surface area contributed by atoms with Gasteiger partial charge in [-0.3, -0.25) is 0 Å². The summed E-state index contributed by atoms with van der Waals surface area (Å²) in [4.78, 5) is 0. The smallest absolute Gasteiger partial charge is 0.0230 e. The van der Waals surface area contributed by atoms with Gasteiger partial charge in [-0.1, -0.05) is 125 Å². The summed E-state index contributed by atoms with van der Waals surface area (Å²) >= 11 is 0. The maximum atomic E-state index is 3.65. The lowest BCUT2D eigenvalue weighted by molar-refractivity contribution is 0.354. The van der Waals surface area contributed by atoms with Gasteiger partial charge in [-0.05, 0) is 47.0 Å². The molecule has 0 unspecified atom stereocenters. The lowest BCUT2D eigenvalue weighted by Crippen LogP contribution is -2.08. The fraction of sp³-hybridized carbons (Fsp3) is 0.714. The van der Waals surface area contributed by atoms with Gasteiger partial charge in [0.1, 0.15) is 0 Å². The molecule has 0 nitrogen and oxygen atoms in total. The summed E-state index contributed by atoms with van der Waals surface area (Å²) in [6.45, 7) is 28.0. The van der Waals surface area contributed by atoms with Crippen LogP contribution in [0.5, 0.6) is 0 Å². The van der Waals surface area contributed by atoms with E-state index < -0.39 is 0 Å². The second-order valence-electron chi connectivity index (χ2n) is 11.5. The Balaban J connectivity index is 0. The van der Waals surface area contributed by atoms with Crippen LogP contribution in [0.25, 0.3) is 0 Å². The van der Waals surface area contributed by atoms with Gasteiger partial charge in [0.15, 0.2) is 0 Å². The molecule has 1 aromatic carbocycles. The van der Waals surface area contributed by atoms with Crippen LogP contribution in [-0.2, 0) is 6.42 Å². The van der Waals surface area contributed by atoms with Crippen molar-refractivity contribution in [3.63, 3.8) is 0 Å². The van der Waals surface area contributed by atoms with Gasteiger partial charge in [0.2, 0.25) is 0 Å². The Bertz CT molecular complexity index is 470. The van der Waals surface area contributed by atoms with Gasteiger partial charge in [-0.15, -0.1) is 6.58 Å². The maximum Gasteiger partial charge on any atom is -0.0230 e. The van der Waals surface area contributed by atoms with Crippen molar-refractivity contribution in [1.29, 1.82) is 0 Å². The molecule has 0 amide bonds. The Labute approximate surface area is 179 Å². The van der Waals surface area contributed by atoms with Crippen molar-refractivity contribution < 1.29 is 0 Å². The van der Waals surface area contributed by atoms with Gasteiger partial charge in [-0.2, -0.15) is 0 Å². The van der Waals surface area contributed by atoms with Crippen molar-refractivity contribution in [2.75, 3.05) is 0 Å². The van der Waals surface area contributed by atoms with E-state index in [0.29, 0.717) is 16.2 Å². The quantitative estimate of drug-likeness (QED) is 0.452. The second kappa shape index (κ2) is 14.0. The molecule has 1 aliphatic carbocycles.